The van der Waals surface area contributed by atoms with Crippen LogP contribution < -0.4 is 0 Å². The van der Waals surface area contributed by atoms with E-state index in [0.717, 1.165) is 0 Å². The summed E-state index contributed by atoms with van der Waals surface area (Å²) in [6, 6.07) is 0.499. The molecule has 70 valence electrons. The summed E-state index contributed by atoms with van der Waals surface area (Å²) in [6.45, 7) is 0. The number of benzene rings is 1. The molecule has 0 aliphatic heterocycles. The molecule has 0 heterocycles. The second kappa shape index (κ2) is 2.81. The van der Waals surface area contributed by atoms with Gasteiger partial charge in [0.05, 0.1) is 0 Å². The molecule has 0 saturated heterocycles. The highest BCUT2D eigenvalue weighted by atomic mass is 19.1. The molecule has 0 saturated carbocycles. The monoisotopic (exact) mass is 188 g/mol. The highest BCUT2D eigenvalue weighted by Crippen LogP contribution is 2.35. The van der Waals surface area contributed by atoms with Crippen LogP contribution in [-0.4, -0.2) is 26.4 Å². The van der Waals surface area contributed by atoms with Crippen molar-refractivity contribution in [2.24, 2.45) is 0 Å². The van der Waals surface area contributed by atoms with Crippen molar-refractivity contribution in [1.29, 1.82) is 0 Å². The summed E-state index contributed by atoms with van der Waals surface area (Å²) in [4.78, 5) is 10.3. The topological polar surface area (TPSA) is 98.0 Å². The molecule has 0 aliphatic carbocycles. The smallest absolute Gasteiger partial charge is 0.343 e. The van der Waals surface area contributed by atoms with Gasteiger partial charge >= 0.3 is 5.97 Å². The maximum absolute atomic E-state index is 12.7. The summed E-state index contributed by atoms with van der Waals surface area (Å²) >= 11 is 0. The lowest BCUT2D eigenvalue weighted by Crippen LogP contribution is -1.99. The van der Waals surface area contributed by atoms with E-state index < -0.39 is 34.6 Å². The number of rotatable bonds is 1. The van der Waals surface area contributed by atoms with Crippen molar-refractivity contribution in [3.63, 3.8) is 0 Å². The van der Waals surface area contributed by atoms with Gasteiger partial charge in [0.25, 0.3) is 0 Å². The van der Waals surface area contributed by atoms with Gasteiger partial charge in [0.15, 0.2) is 11.5 Å². The molecule has 1 aromatic carbocycles. The predicted octanol–water partition coefficient (Wildman–Crippen LogP) is 0.641. The first kappa shape index (κ1) is 9.11. The minimum absolute atomic E-state index is 0.499. The van der Waals surface area contributed by atoms with E-state index in [1.54, 1.807) is 0 Å². The minimum Gasteiger partial charge on any atom is -0.507 e. The molecular weight excluding hydrogens is 183 g/mol. The van der Waals surface area contributed by atoms with Crippen LogP contribution in [0.2, 0.25) is 0 Å². The van der Waals surface area contributed by atoms with E-state index in [1.807, 2.05) is 0 Å². The SMILES string of the molecule is O=C(O)c1c(O)cc(O)c(F)c1O. The summed E-state index contributed by atoms with van der Waals surface area (Å²) in [5, 5.41) is 34.8. The van der Waals surface area contributed by atoms with Crippen LogP contribution in [0.15, 0.2) is 6.07 Å². The predicted molar refractivity (Wildman–Crippen MR) is 38.4 cm³/mol. The first-order valence-electron chi connectivity index (χ1n) is 3.11. The number of hydrogen-bond acceptors (Lipinski definition) is 4. The van der Waals surface area contributed by atoms with E-state index in [2.05, 4.69) is 0 Å². The van der Waals surface area contributed by atoms with Gasteiger partial charge < -0.3 is 20.4 Å². The Morgan fingerprint density at radius 2 is 1.77 bits per heavy atom. The Morgan fingerprint density at radius 1 is 1.23 bits per heavy atom. The van der Waals surface area contributed by atoms with Crippen LogP contribution in [0.3, 0.4) is 0 Å². The quantitative estimate of drug-likeness (QED) is 0.518. The summed E-state index contributed by atoms with van der Waals surface area (Å²) in [5.41, 5.74) is -0.977. The van der Waals surface area contributed by atoms with Gasteiger partial charge in [0.2, 0.25) is 5.82 Å². The summed E-state index contributed by atoms with van der Waals surface area (Å²) in [5.74, 6) is -6.36. The average molecular weight is 188 g/mol. The van der Waals surface area contributed by atoms with Crippen molar-refractivity contribution in [1.82, 2.24) is 0 Å². The number of aromatic carboxylic acids is 1. The molecule has 4 N–H and O–H groups in total. The Morgan fingerprint density at radius 3 is 2.23 bits per heavy atom. The fourth-order valence-electron chi connectivity index (χ4n) is 0.828. The van der Waals surface area contributed by atoms with E-state index in [0.29, 0.717) is 6.07 Å². The van der Waals surface area contributed by atoms with Crippen LogP contribution in [0, 0.1) is 5.82 Å². The number of carboxylic acid groups (broad SMARTS) is 1. The van der Waals surface area contributed by atoms with Crippen LogP contribution in [0.4, 0.5) is 4.39 Å². The zero-order chi connectivity index (χ0) is 10.2. The lowest BCUT2D eigenvalue weighted by Gasteiger charge is -2.04. The van der Waals surface area contributed by atoms with E-state index in [4.69, 9.17) is 20.4 Å². The summed E-state index contributed by atoms with van der Waals surface area (Å²) < 4.78 is 12.7. The number of hydrogen-bond donors (Lipinski definition) is 4. The maximum atomic E-state index is 12.7. The van der Waals surface area contributed by atoms with Crippen molar-refractivity contribution in [2.45, 2.75) is 0 Å². The number of phenols is 3. The summed E-state index contributed by atoms with van der Waals surface area (Å²) in [7, 11) is 0. The molecular formula is C7H5FO5. The number of phenolic OH excluding ortho intramolecular Hbond substituents is 1. The second-order valence-electron chi connectivity index (χ2n) is 2.26. The number of carboxylic acids is 1. The third-order valence-electron chi connectivity index (χ3n) is 1.41. The van der Waals surface area contributed by atoms with E-state index >= 15 is 0 Å². The maximum Gasteiger partial charge on any atom is 0.343 e. The van der Waals surface area contributed by atoms with Crippen LogP contribution in [0.5, 0.6) is 17.2 Å². The molecule has 0 fully saturated rings. The van der Waals surface area contributed by atoms with E-state index in [9.17, 15) is 9.18 Å². The third-order valence-corrected chi connectivity index (χ3v) is 1.41. The number of aromatic hydroxyl groups is 3. The molecule has 0 unspecified atom stereocenters. The molecule has 1 rings (SSSR count). The Bertz CT molecular complexity index is 374. The molecule has 0 amide bonds. The van der Waals surface area contributed by atoms with Gasteiger partial charge in [-0.25, -0.2) is 4.79 Å². The Balaban J connectivity index is 3.53. The molecule has 6 heteroatoms. The van der Waals surface area contributed by atoms with Crippen LogP contribution in [0.1, 0.15) is 10.4 Å². The fourth-order valence-corrected chi connectivity index (χ4v) is 0.828. The lowest BCUT2D eigenvalue weighted by molar-refractivity contribution is 0.0689. The molecule has 0 aromatic heterocycles. The first-order valence-corrected chi connectivity index (χ1v) is 3.11. The highest BCUT2D eigenvalue weighted by molar-refractivity contribution is 5.94. The second-order valence-corrected chi connectivity index (χ2v) is 2.26. The molecule has 0 radical (unpaired) electrons. The van der Waals surface area contributed by atoms with Gasteiger partial charge in [-0.05, 0) is 0 Å². The fraction of sp³-hybridized carbons (Fsp3) is 0. The molecule has 0 bridgehead atoms. The van der Waals surface area contributed by atoms with Crippen molar-refractivity contribution >= 4 is 5.97 Å². The van der Waals surface area contributed by atoms with Crippen molar-refractivity contribution < 1.29 is 29.6 Å². The molecule has 0 atom stereocenters. The van der Waals surface area contributed by atoms with Gasteiger partial charge in [-0.3, -0.25) is 0 Å². The van der Waals surface area contributed by atoms with Crippen LogP contribution in [-0.2, 0) is 0 Å². The Labute approximate surface area is 71.3 Å². The number of halogens is 1. The molecule has 5 nitrogen and oxygen atoms in total. The van der Waals surface area contributed by atoms with Crippen molar-refractivity contribution in [3.8, 4) is 17.2 Å². The summed E-state index contributed by atoms with van der Waals surface area (Å²) in [6.07, 6.45) is 0. The van der Waals surface area contributed by atoms with Gasteiger partial charge in [-0.2, -0.15) is 4.39 Å². The molecule has 0 spiro atoms. The van der Waals surface area contributed by atoms with Gasteiger partial charge in [-0.1, -0.05) is 0 Å². The Kier molecular flexibility index (Phi) is 1.97. The lowest BCUT2D eigenvalue weighted by atomic mass is 10.1. The zero-order valence-electron chi connectivity index (χ0n) is 6.15. The average Bonchev–Trinajstić information content (AvgIpc) is 1.99. The molecule has 0 aliphatic rings. The largest absolute Gasteiger partial charge is 0.507 e. The van der Waals surface area contributed by atoms with Crippen LogP contribution >= 0.6 is 0 Å². The first-order chi connectivity index (χ1) is 5.95. The zero-order valence-corrected chi connectivity index (χ0v) is 6.15. The van der Waals surface area contributed by atoms with E-state index in [-0.39, 0.29) is 0 Å². The van der Waals surface area contributed by atoms with Crippen molar-refractivity contribution in [3.05, 3.63) is 17.4 Å². The highest BCUT2D eigenvalue weighted by Gasteiger charge is 2.22. The normalized spacial score (nSPS) is 9.92. The number of carbonyl (C=O) groups is 1. The third kappa shape index (κ3) is 1.33. The standard InChI is InChI=1S/C7H5FO5/c8-5-3(10)1-2(9)4(6(5)11)7(12)13/h1,9-11H,(H,12,13). The van der Waals surface area contributed by atoms with E-state index in [1.165, 1.54) is 0 Å². The van der Waals surface area contributed by atoms with Crippen LogP contribution in [0.25, 0.3) is 0 Å². The van der Waals surface area contributed by atoms with Gasteiger partial charge in [-0.15, -0.1) is 0 Å². The van der Waals surface area contributed by atoms with Crippen molar-refractivity contribution in [2.75, 3.05) is 0 Å². The molecule has 13 heavy (non-hydrogen) atoms. The van der Waals surface area contributed by atoms with Gasteiger partial charge in [0.1, 0.15) is 11.3 Å². The molecule has 1 aromatic rings. The Hall–Kier alpha value is -1.98. The minimum atomic E-state index is -1.69. The van der Waals surface area contributed by atoms with Gasteiger partial charge in [0, 0.05) is 6.07 Å².